The van der Waals surface area contributed by atoms with E-state index in [4.69, 9.17) is 4.74 Å². The molecule has 1 aliphatic carbocycles. The summed E-state index contributed by atoms with van der Waals surface area (Å²) in [4.78, 5) is 12.7. The molecule has 0 aromatic heterocycles. The van der Waals surface area contributed by atoms with Gasteiger partial charge in [-0.25, -0.2) is 0 Å². The predicted molar refractivity (Wildman–Crippen MR) is 107 cm³/mol. The lowest BCUT2D eigenvalue weighted by Gasteiger charge is -2.35. The number of aliphatic hydroxyl groups is 1. The molecule has 2 fully saturated rings. The fraction of sp³-hybridized carbons (Fsp3) is 0.381. The van der Waals surface area contributed by atoms with Crippen molar-refractivity contribution >= 4 is 18.3 Å². The Morgan fingerprint density at radius 1 is 1.00 bits per heavy atom. The zero-order chi connectivity index (χ0) is 17.9. The lowest BCUT2D eigenvalue weighted by atomic mass is 9.77. The summed E-state index contributed by atoms with van der Waals surface area (Å²) >= 11 is 0. The molecule has 1 aliphatic heterocycles. The molecule has 5 nitrogen and oxygen atoms in total. The van der Waals surface area contributed by atoms with Crippen LogP contribution in [-0.2, 0) is 0 Å². The fourth-order valence-corrected chi connectivity index (χ4v) is 4.03. The van der Waals surface area contributed by atoms with Crippen molar-refractivity contribution in [2.75, 3.05) is 13.1 Å². The van der Waals surface area contributed by atoms with Crippen LogP contribution >= 0.6 is 12.4 Å². The third-order valence-corrected chi connectivity index (χ3v) is 5.44. The Bertz CT molecular complexity index is 771. The number of aliphatic hydroxyl groups excluding tert-OH is 1. The van der Waals surface area contributed by atoms with Gasteiger partial charge in [-0.15, -0.1) is 12.4 Å². The van der Waals surface area contributed by atoms with Crippen LogP contribution in [0.3, 0.4) is 0 Å². The highest BCUT2D eigenvalue weighted by Crippen LogP contribution is 2.33. The zero-order valence-electron chi connectivity index (χ0n) is 15.0. The highest BCUT2D eigenvalue weighted by atomic mass is 35.5. The minimum atomic E-state index is -0.483. The van der Waals surface area contributed by atoms with Crippen molar-refractivity contribution in [2.45, 2.75) is 25.0 Å². The topological polar surface area (TPSA) is 70.6 Å². The summed E-state index contributed by atoms with van der Waals surface area (Å²) in [7, 11) is 0. The molecule has 1 saturated carbocycles. The van der Waals surface area contributed by atoms with Crippen LogP contribution < -0.4 is 15.4 Å². The van der Waals surface area contributed by atoms with E-state index < -0.39 is 6.10 Å². The van der Waals surface area contributed by atoms with Gasteiger partial charge in [-0.3, -0.25) is 4.79 Å². The van der Waals surface area contributed by atoms with Gasteiger partial charge in [-0.05, 0) is 68.1 Å². The number of hydrogen-bond acceptors (Lipinski definition) is 4. The molecule has 3 N–H and O–H groups in total. The monoisotopic (exact) mass is 388 g/mol. The lowest BCUT2D eigenvalue weighted by Crippen LogP contribution is -2.49. The van der Waals surface area contributed by atoms with Crippen LogP contribution in [-0.4, -0.2) is 36.2 Å². The van der Waals surface area contributed by atoms with Crippen molar-refractivity contribution in [1.29, 1.82) is 0 Å². The molecule has 0 bridgehead atoms. The largest absolute Gasteiger partial charge is 0.457 e. The number of benzene rings is 2. The van der Waals surface area contributed by atoms with Crippen LogP contribution in [0.25, 0.3) is 0 Å². The van der Waals surface area contributed by atoms with Gasteiger partial charge in [-0.1, -0.05) is 24.3 Å². The molecule has 144 valence electrons. The Morgan fingerprint density at radius 2 is 1.70 bits per heavy atom. The van der Waals surface area contributed by atoms with E-state index >= 15 is 0 Å². The van der Waals surface area contributed by atoms with Crippen molar-refractivity contribution in [3.05, 3.63) is 60.2 Å². The minimum absolute atomic E-state index is 0. The standard InChI is InChI=1S/C21H24N2O3.ClH/c24-20-11-16-13-22-12-15(16)10-19(20)23-21(25)14-5-4-8-18(9-14)26-17-6-2-1-3-7-17;/h1-9,15-16,19-20,22,24H,10-13H2,(H,23,25);1H/t15-,16+,19-,20-;/m0./s1. The van der Waals surface area contributed by atoms with E-state index in [9.17, 15) is 9.90 Å². The summed E-state index contributed by atoms with van der Waals surface area (Å²) in [6.45, 7) is 1.95. The van der Waals surface area contributed by atoms with Crippen molar-refractivity contribution in [3.8, 4) is 11.5 Å². The summed E-state index contributed by atoms with van der Waals surface area (Å²) in [6, 6.07) is 16.4. The van der Waals surface area contributed by atoms with Crippen molar-refractivity contribution in [1.82, 2.24) is 10.6 Å². The van der Waals surface area contributed by atoms with E-state index in [2.05, 4.69) is 10.6 Å². The second-order valence-corrected chi connectivity index (χ2v) is 7.24. The second-order valence-electron chi connectivity index (χ2n) is 7.24. The number of halogens is 1. The van der Waals surface area contributed by atoms with E-state index in [0.29, 0.717) is 23.1 Å². The Morgan fingerprint density at radius 3 is 2.48 bits per heavy atom. The smallest absolute Gasteiger partial charge is 0.251 e. The van der Waals surface area contributed by atoms with Crippen molar-refractivity contribution in [3.63, 3.8) is 0 Å². The van der Waals surface area contributed by atoms with Crippen LogP contribution in [0.15, 0.2) is 54.6 Å². The van der Waals surface area contributed by atoms with Gasteiger partial charge in [0.25, 0.3) is 5.91 Å². The molecule has 2 aliphatic rings. The maximum Gasteiger partial charge on any atom is 0.251 e. The quantitative estimate of drug-likeness (QED) is 0.753. The van der Waals surface area contributed by atoms with Gasteiger partial charge in [0, 0.05) is 5.56 Å². The van der Waals surface area contributed by atoms with E-state index in [0.717, 1.165) is 31.7 Å². The Kier molecular flexibility index (Phi) is 6.37. The molecule has 1 heterocycles. The third kappa shape index (κ3) is 4.61. The average molecular weight is 389 g/mol. The molecule has 2 aromatic carbocycles. The SMILES string of the molecule is Cl.O=C(N[C@H]1C[C@H]2CNC[C@H]2C[C@@H]1O)c1cccc(Oc2ccccc2)c1. The molecule has 0 unspecified atom stereocenters. The summed E-state index contributed by atoms with van der Waals surface area (Å²) in [5.41, 5.74) is 0.539. The third-order valence-electron chi connectivity index (χ3n) is 5.44. The first kappa shape index (κ1) is 19.7. The van der Waals surface area contributed by atoms with Gasteiger partial charge in [0.15, 0.2) is 0 Å². The minimum Gasteiger partial charge on any atom is -0.457 e. The van der Waals surface area contributed by atoms with Crippen LogP contribution in [0.1, 0.15) is 23.2 Å². The molecule has 4 rings (SSSR count). The molecule has 2 aromatic rings. The lowest BCUT2D eigenvalue weighted by molar-refractivity contribution is 0.0462. The Balaban J connectivity index is 0.00000210. The molecule has 1 amide bonds. The first-order chi connectivity index (χ1) is 12.7. The summed E-state index contributed by atoms with van der Waals surface area (Å²) in [6.07, 6.45) is 1.09. The maximum absolute atomic E-state index is 12.7. The number of ether oxygens (including phenoxy) is 1. The first-order valence-corrected chi connectivity index (χ1v) is 9.21. The van der Waals surface area contributed by atoms with Gasteiger partial charge in [0.2, 0.25) is 0 Å². The molecular formula is C21H25ClN2O3. The molecule has 6 heteroatoms. The summed E-state index contributed by atoms with van der Waals surface area (Å²) < 4.78 is 5.80. The fourth-order valence-electron chi connectivity index (χ4n) is 4.03. The molecule has 0 spiro atoms. The molecule has 27 heavy (non-hydrogen) atoms. The van der Waals surface area contributed by atoms with Gasteiger partial charge in [-0.2, -0.15) is 0 Å². The summed E-state index contributed by atoms with van der Waals surface area (Å²) in [5.74, 6) is 2.25. The van der Waals surface area contributed by atoms with E-state index in [-0.39, 0.29) is 24.4 Å². The Hall–Kier alpha value is -2.08. The number of hydrogen-bond donors (Lipinski definition) is 3. The van der Waals surface area contributed by atoms with Crippen LogP contribution in [0.2, 0.25) is 0 Å². The van der Waals surface area contributed by atoms with Crippen LogP contribution in [0, 0.1) is 11.8 Å². The number of carbonyl (C=O) groups is 1. The molecular weight excluding hydrogens is 364 g/mol. The van der Waals surface area contributed by atoms with E-state index in [1.807, 2.05) is 36.4 Å². The van der Waals surface area contributed by atoms with Gasteiger partial charge in [0.1, 0.15) is 11.5 Å². The van der Waals surface area contributed by atoms with Gasteiger partial charge >= 0.3 is 0 Å². The van der Waals surface area contributed by atoms with Gasteiger partial charge in [0.05, 0.1) is 12.1 Å². The van der Waals surface area contributed by atoms with Crippen molar-refractivity contribution < 1.29 is 14.6 Å². The van der Waals surface area contributed by atoms with Crippen LogP contribution in [0.4, 0.5) is 0 Å². The number of rotatable bonds is 4. The van der Waals surface area contributed by atoms with E-state index in [1.165, 1.54) is 0 Å². The highest BCUT2D eigenvalue weighted by Gasteiger charge is 2.39. The number of carbonyl (C=O) groups excluding carboxylic acids is 1. The van der Waals surface area contributed by atoms with E-state index in [1.54, 1.807) is 18.2 Å². The van der Waals surface area contributed by atoms with Gasteiger partial charge < -0.3 is 20.5 Å². The highest BCUT2D eigenvalue weighted by molar-refractivity contribution is 5.94. The normalized spacial score (nSPS) is 26.6. The zero-order valence-corrected chi connectivity index (χ0v) is 15.8. The number of para-hydroxylation sites is 1. The molecule has 0 radical (unpaired) electrons. The number of nitrogens with one attached hydrogen (secondary N) is 2. The molecule has 1 saturated heterocycles. The predicted octanol–water partition coefficient (Wildman–Crippen LogP) is 2.99. The average Bonchev–Trinajstić information content (AvgIpc) is 3.10. The molecule has 4 atom stereocenters. The van der Waals surface area contributed by atoms with Crippen LogP contribution in [0.5, 0.6) is 11.5 Å². The Labute approximate surface area is 165 Å². The first-order valence-electron chi connectivity index (χ1n) is 9.21. The van der Waals surface area contributed by atoms with Crippen molar-refractivity contribution in [2.24, 2.45) is 11.8 Å². The maximum atomic E-state index is 12.7. The summed E-state index contributed by atoms with van der Waals surface area (Å²) in [5, 5.41) is 16.8. The second kappa shape index (κ2) is 8.74. The number of fused-ring (bicyclic) bond motifs is 1. The number of amides is 1.